The number of carbonyl (C=O) groups is 2. The van der Waals surface area contributed by atoms with Crippen LogP contribution in [-0.2, 0) is 11.2 Å². The largest absolute Gasteiger partial charge is 0.496 e. The lowest BCUT2D eigenvalue weighted by Crippen LogP contribution is -2.25. The molecule has 0 aliphatic heterocycles. The van der Waals surface area contributed by atoms with Gasteiger partial charge in [-0.1, -0.05) is 6.08 Å². The normalized spacial score (nSPS) is 11.2. The van der Waals surface area contributed by atoms with E-state index in [-0.39, 0.29) is 11.8 Å². The molecule has 5 heteroatoms. The summed E-state index contributed by atoms with van der Waals surface area (Å²) in [5.41, 5.74) is 1.60. The first-order valence-electron chi connectivity index (χ1n) is 9.60. The highest BCUT2D eigenvalue weighted by molar-refractivity contribution is 6.07. The fourth-order valence-corrected chi connectivity index (χ4v) is 2.65. The smallest absolute Gasteiger partial charge is 0.316 e. The fourth-order valence-electron chi connectivity index (χ4n) is 2.65. The van der Waals surface area contributed by atoms with Gasteiger partial charge >= 0.3 is 5.97 Å². The summed E-state index contributed by atoms with van der Waals surface area (Å²) >= 11 is 0. The van der Waals surface area contributed by atoms with E-state index in [1.165, 1.54) is 6.08 Å². The molecule has 0 aliphatic rings. The number of benzene rings is 2. The predicted molar refractivity (Wildman–Crippen MR) is 118 cm³/mol. The third kappa shape index (κ3) is 5.83. The van der Waals surface area contributed by atoms with Crippen LogP contribution >= 0.6 is 0 Å². The van der Waals surface area contributed by atoms with Crippen LogP contribution in [0.15, 0.2) is 55.1 Å². The van der Waals surface area contributed by atoms with Crippen LogP contribution in [0, 0.1) is 5.41 Å². The van der Waals surface area contributed by atoms with Crippen molar-refractivity contribution in [3.8, 4) is 17.2 Å². The molecule has 0 fully saturated rings. The Labute approximate surface area is 178 Å². The third-order valence-electron chi connectivity index (χ3n) is 4.37. The average Bonchev–Trinajstić information content (AvgIpc) is 2.72. The molecule has 0 N–H and O–H groups in total. The lowest BCUT2D eigenvalue weighted by Gasteiger charge is -2.16. The Kier molecular flexibility index (Phi) is 7.59. The summed E-state index contributed by atoms with van der Waals surface area (Å²) < 4.78 is 16.1. The predicted octanol–water partition coefficient (Wildman–Crippen LogP) is 5.28. The second-order valence-corrected chi connectivity index (χ2v) is 7.76. The zero-order valence-corrected chi connectivity index (χ0v) is 18.2. The van der Waals surface area contributed by atoms with Gasteiger partial charge in [-0.15, -0.1) is 6.58 Å². The van der Waals surface area contributed by atoms with Gasteiger partial charge < -0.3 is 14.2 Å². The summed E-state index contributed by atoms with van der Waals surface area (Å²) in [6.07, 6.45) is 5.62. The second kappa shape index (κ2) is 9.92. The lowest BCUT2D eigenvalue weighted by molar-refractivity contribution is -0.142. The van der Waals surface area contributed by atoms with Crippen LogP contribution in [0.5, 0.6) is 17.2 Å². The monoisotopic (exact) mass is 408 g/mol. The molecule has 2 aromatic rings. The van der Waals surface area contributed by atoms with E-state index in [0.29, 0.717) is 29.2 Å². The van der Waals surface area contributed by atoms with Gasteiger partial charge in [-0.2, -0.15) is 0 Å². The molecule has 2 rings (SSSR count). The number of carbonyl (C=O) groups excluding carboxylic acids is 2. The zero-order chi connectivity index (χ0) is 22.3. The van der Waals surface area contributed by atoms with Crippen molar-refractivity contribution in [3.05, 3.63) is 71.8 Å². The van der Waals surface area contributed by atoms with Gasteiger partial charge in [0.2, 0.25) is 0 Å². The van der Waals surface area contributed by atoms with Gasteiger partial charge in [-0.25, -0.2) is 0 Å². The molecule has 0 aliphatic carbocycles. The van der Waals surface area contributed by atoms with Crippen molar-refractivity contribution in [2.45, 2.75) is 27.2 Å². The number of ketones is 1. The van der Waals surface area contributed by atoms with Crippen LogP contribution < -0.4 is 14.2 Å². The number of methoxy groups -OCH3 is 2. The fraction of sp³-hybridized carbons (Fsp3) is 0.280. The van der Waals surface area contributed by atoms with Gasteiger partial charge in [-0.05, 0) is 75.2 Å². The number of esters is 1. The number of ether oxygens (including phenoxy) is 3. The second-order valence-electron chi connectivity index (χ2n) is 7.76. The molecule has 0 radical (unpaired) electrons. The molecule has 2 aromatic carbocycles. The maximum Gasteiger partial charge on any atom is 0.316 e. The van der Waals surface area contributed by atoms with Crippen molar-refractivity contribution in [3.63, 3.8) is 0 Å². The Morgan fingerprint density at radius 3 is 2.17 bits per heavy atom. The van der Waals surface area contributed by atoms with Crippen molar-refractivity contribution >= 4 is 17.8 Å². The minimum atomic E-state index is -0.598. The van der Waals surface area contributed by atoms with E-state index in [4.69, 9.17) is 14.2 Å². The quantitative estimate of drug-likeness (QED) is 0.195. The molecule has 0 amide bonds. The standard InChI is InChI=1S/C25H28O5/c1-7-8-18-15-19(23(29-6)16-22(18)28-5)11-14-21(26)17-9-12-20(13-10-17)30-24(27)25(2,3)4/h7,9-16H,1,8H2,2-6H3. The van der Waals surface area contributed by atoms with Gasteiger partial charge in [0.25, 0.3) is 0 Å². The maximum atomic E-state index is 12.6. The first-order chi connectivity index (χ1) is 14.2. The average molecular weight is 408 g/mol. The molecule has 0 bridgehead atoms. The topological polar surface area (TPSA) is 61.8 Å². The van der Waals surface area contributed by atoms with Crippen molar-refractivity contribution in [2.75, 3.05) is 14.2 Å². The Morgan fingerprint density at radius 1 is 1.00 bits per heavy atom. The van der Waals surface area contributed by atoms with Gasteiger partial charge in [0.15, 0.2) is 5.78 Å². The van der Waals surface area contributed by atoms with E-state index in [2.05, 4.69) is 6.58 Å². The minimum Gasteiger partial charge on any atom is -0.496 e. The van der Waals surface area contributed by atoms with Crippen molar-refractivity contribution in [1.82, 2.24) is 0 Å². The Hall–Kier alpha value is -3.34. The highest BCUT2D eigenvalue weighted by atomic mass is 16.5. The van der Waals surface area contributed by atoms with Crippen LogP contribution in [0.1, 0.15) is 42.3 Å². The number of hydrogen-bond acceptors (Lipinski definition) is 5. The molecule has 0 unspecified atom stereocenters. The summed E-state index contributed by atoms with van der Waals surface area (Å²) in [5, 5.41) is 0. The van der Waals surface area contributed by atoms with E-state index >= 15 is 0 Å². The molecule has 0 heterocycles. The third-order valence-corrected chi connectivity index (χ3v) is 4.37. The molecular weight excluding hydrogens is 380 g/mol. The summed E-state index contributed by atoms with van der Waals surface area (Å²) in [6, 6.07) is 10.2. The minimum absolute atomic E-state index is 0.174. The van der Waals surface area contributed by atoms with E-state index in [9.17, 15) is 9.59 Å². The summed E-state index contributed by atoms with van der Waals surface area (Å²) in [7, 11) is 3.17. The van der Waals surface area contributed by atoms with Gasteiger partial charge in [0, 0.05) is 17.2 Å². The molecule has 0 saturated heterocycles. The molecule has 0 atom stereocenters. The summed E-state index contributed by atoms with van der Waals surface area (Å²) in [5.74, 6) is 1.21. The molecule has 0 spiro atoms. The van der Waals surface area contributed by atoms with Crippen molar-refractivity contribution < 1.29 is 23.8 Å². The van der Waals surface area contributed by atoms with Crippen molar-refractivity contribution in [1.29, 1.82) is 0 Å². The van der Waals surface area contributed by atoms with Crippen LogP contribution in [-0.4, -0.2) is 26.0 Å². The number of hydrogen-bond donors (Lipinski definition) is 0. The van der Waals surface area contributed by atoms with Crippen LogP contribution in [0.4, 0.5) is 0 Å². The maximum absolute atomic E-state index is 12.6. The van der Waals surface area contributed by atoms with Crippen LogP contribution in [0.25, 0.3) is 6.08 Å². The molecule has 0 saturated carbocycles. The highest BCUT2D eigenvalue weighted by Crippen LogP contribution is 2.30. The van der Waals surface area contributed by atoms with Gasteiger partial charge in [-0.3, -0.25) is 9.59 Å². The molecule has 158 valence electrons. The molecule has 0 aromatic heterocycles. The number of rotatable bonds is 8. The van der Waals surface area contributed by atoms with E-state index in [1.807, 2.05) is 6.07 Å². The van der Waals surface area contributed by atoms with Crippen molar-refractivity contribution in [2.24, 2.45) is 5.41 Å². The van der Waals surface area contributed by atoms with Crippen LogP contribution in [0.3, 0.4) is 0 Å². The lowest BCUT2D eigenvalue weighted by atomic mass is 9.97. The van der Waals surface area contributed by atoms with Gasteiger partial charge in [0.1, 0.15) is 17.2 Å². The van der Waals surface area contributed by atoms with Gasteiger partial charge in [0.05, 0.1) is 19.6 Å². The first-order valence-corrected chi connectivity index (χ1v) is 9.60. The summed E-state index contributed by atoms with van der Waals surface area (Å²) in [6.45, 7) is 9.12. The van der Waals surface area contributed by atoms with E-state index in [1.54, 1.807) is 77.5 Å². The van der Waals surface area contributed by atoms with E-state index in [0.717, 1.165) is 11.1 Å². The molecule has 30 heavy (non-hydrogen) atoms. The SMILES string of the molecule is C=CCc1cc(C=CC(=O)c2ccc(OC(=O)C(C)(C)C)cc2)c(OC)cc1OC. The zero-order valence-electron chi connectivity index (χ0n) is 18.2. The van der Waals surface area contributed by atoms with Crippen LogP contribution in [0.2, 0.25) is 0 Å². The molecular formula is C25H28O5. The Morgan fingerprint density at radius 2 is 1.63 bits per heavy atom. The summed E-state index contributed by atoms with van der Waals surface area (Å²) in [4.78, 5) is 24.5. The first kappa shape index (κ1) is 22.9. The van der Waals surface area contributed by atoms with E-state index < -0.39 is 5.41 Å². The molecule has 5 nitrogen and oxygen atoms in total. The Bertz CT molecular complexity index is 947. The highest BCUT2D eigenvalue weighted by Gasteiger charge is 2.23. The Balaban J connectivity index is 2.20. The number of allylic oxidation sites excluding steroid dienone is 2.